The number of likely N-dealkylation sites (tertiary alicyclic amines) is 1. The van der Waals surface area contributed by atoms with Gasteiger partial charge in [0.25, 0.3) is 11.1 Å². The molecule has 32 heavy (non-hydrogen) atoms. The number of benzene rings is 1. The number of nitrogens with zero attached hydrogens (tertiary/aromatic N) is 4. The van der Waals surface area contributed by atoms with Gasteiger partial charge >= 0.3 is 0 Å². The molecule has 1 N–H and O–H groups in total. The first-order valence-electron chi connectivity index (χ1n) is 10.9. The number of aryl methyl sites for hydroxylation is 1. The maximum Gasteiger partial charge on any atom is 0.280 e. The van der Waals surface area contributed by atoms with E-state index in [1.165, 1.54) is 10.7 Å². The van der Waals surface area contributed by atoms with Crippen molar-refractivity contribution in [3.05, 3.63) is 91.8 Å². The monoisotopic (exact) mass is 449 g/mol. The lowest BCUT2D eigenvalue weighted by atomic mass is 10.2. The summed E-state index contributed by atoms with van der Waals surface area (Å²) in [4.78, 5) is 33.3. The van der Waals surface area contributed by atoms with Gasteiger partial charge in [-0.25, -0.2) is 4.68 Å². The van der Waals surface area contributed by atoms with E-state index in [4.69, 9.17) is 11.6 Å². The molecule has 164 valence electrons. The second-order valence-electron chi connectivity index (χ2n) is 8.16. The molecule has 0 unspecified atom stereocenters. The molecule has 1 aliphatic heterocycles. The average Bonchev–Trinajstić information content (AvgIpc) is 3.41. The number of H-pyrrole nitrogens is 1. The van der Waals surface area contributed by atoms with Gasteiger partial charge in [-0.05, 0) is 56.3 Å². The van der Waals surface area contributed by atoms with Crippen LogP contribution in [0.15, 0.2) is 64.3 Å². The number of nitrogens with one attached hydrogen (secondary N) is 1. The van der Waals surface area contributed by atoms with Gasteiger partial charge in [0.15, 0.2) is 0 Å². The zero-order valence-electron chi connectivity index (χ0n) is 17.6. The summed E-state index contributed by atoms with van der Waals surface area (Å²) in [6.45, 7) is 2.98. The lowest BCUT2D eigenvalue weighted by molar-refractivity contribution is 0.320. The number of fused-ring (bicyclic) bond motifs is 1. The van der Waals surface area contributed by atoms with Crippen molar-refractivity contribution in [1.82, 2.24) is 24.2 Å². The van der Waals surface area contributed by atoms with Crippen LogP contribution in [-0.4, -0.2) is 37.3 Å². The van der Waals surface area contributed by atoms with Gasteiger partial charge in [0, 0.05) is 42.5 Å². The summed E-state index contributed by atoms with van der Waals surface area (Å²) < 4.78 is 3.21. The molecule has 1 fully saturated rings. The predicted octanol–water partition coefficient (Wildman–Crippen LogP) is 3.37. The zero-order valence-corrected chi connectivity index (χ0v) is 18.4. The van der Waals surface area contributed by atoms with Crippen LogP contribution in [0.4, 0.5) is 0 Å². The molecule has 0 bridgehead atoms. The van der Waals surface area contributed by atoms with E-state index in [9.17, 15) is 9.59 Å². The summed E-state index contributed by atoms with van der Waals surface area (Å²) in [5.74, 6) is 0. The molecular formula is C24H24ClN5O2. The molecule has 4 heterocycles. The van der Waals surface area contributed by atoms with E-state index in [2.05, 4.69) is 15.0 Å². The molecule has 1 saturated heterocycles. The molecule has 0 atom stereocenters. The number of hydrogen-bond acceptors (Lipinski definition) is 4. The van der Waals surface area contributed by atoms with Gasteiger partial charge in [-0.2, -0.15) is 0 Å². The number of pyridine rings is 2. The van der Waals surface area contributed by atoms with E-state index in [1.807, 2.05) is 24.3 Å². The Kier molecular flexibility index (Phi) is 5.68. The molecule has 0 radical (unpaired) electrons. The van der Waals surface area contributed by atoms with Gasteiger partial charge in [-0.15, -0.1) is 0 Å². The number of aromatic amines is 1. The minimum Gasteiger partial charge on any atom is -0.310 e. The van der Waals surface area contributed by atoms with E-state index in [0.717, 1.165) is 37.3 Å². The van der Waals surface area contributed by atoms with Crippen LogP contribution in [0.2, 0.25) is 5.02 Å². The van der Waals surface area contributed by atoms with E-state index < -0.39 is 0 Å². The van der Waals surface area contributed by atoms with E-state index >= 15 is 0 Å². The predicted molar refractivity (Wildman–Crippen MR) is 126 cm³/mol. The molecule has 1 aromatic carbocycles. The van der Waals surface area contributed by atoms with Gasteiger partial charge in [0.2, 0.25) is 0 Å². The zero-order chi connectivity index (χ0) is 22.1. The number of halogens is 1. The molecule has 1 aliphatic rings. The lowest BCUT2D eigenvalue weighted by Crippen LogP contribution is -2.30. The summed E-state index contributed by atoms with van der Waals surface area (Å²) in [5, 5.41) is 4.21. The number of hydrogen-bond donors (Lipinski definition) is 1. The lowest BCUT2D eigenvalue weighted by Gasteiger charge is -2.19. The van der Waals surface area contributed by atoms with Crippen LogP contribution >= 0.6 is 11.6 Å². The second-order valence-corrected chi connectivity index (χ2v) is 8.59. The van der Waals surface area contributed by atoms with Crippen molar-refractivity contribution in [1.29, 1.82) is 0 Å². The first kappa shape index (κ1) is 20.7. The van der Waals surface area contributed by atoms with Gasteiger partial charge in [-0.1, -0.05) is 23.7 Å². The normalized spacial score (nSPS) is 14.4. The van der Waals surface area contributed by atoms with Gasteiger partial charge in [-0.3, -0.25) is 24.6 Å². The smallest absolute Gasteiger partial charge is 0.280 e. The molecule has 0 spiro atoms. The molecule has 7 nitrogen and oxygen atoms in total. The molecule has 0 aliphatic carbocycles. The Morgan fingerprint density at radius 2 is 1.88 bits per heavy atom. The highest BCUT2D eigenvalue weighted by Gasteiger charge is 2.21. The summed E-state index contributed by atoms with van der Waals surface area (Å²) in [6.07, 6.45) is 4.64. The standard InChI is InChI=1S/C24H24ClN5O2/c25-17-6-5-8-19(14-17)30-24(32)23-20(27-30)15-22(31)29(13-9-18-7-1-2-10-26-18)21(23)16-28-11-3-4-12-28/h1-2,5-8,10,14-15,27H,3-4,9,11-13,16H2. The van der Waals surface area contributed by atoms with E-state index in [-0.39, 0.29) is 11.1 Å². The quantitative estimate of drug-likeness (QED) is 0.489. The Morgan fingerprint density at radius 1 is 1.03 bits per heavy atom. The summed E-state index contributed by atoms with van der Waals surface area (Å²) in [6, 6.07) is 14.4. The Labute approximate surface area is 189 Å². The fraction of sp³-hybridized carbons (Fsp3) is 0.292. The van der Waals surface area contributed by atoms with Crippen LogP contribution in [0.1, 0.15) is 24.2 Å². The fourth-order valence-corrected chi connectivity index (χ4v) is 4.62. The third-order valence-electron chi connectivity index (χ3n) is 6.02. The van der Waals surface area contributed by atoms with Crippen molar-refractivity contribution >= 4 is 22.5 Å². The van der Waals surface area contributed by atoms with Crippen LogP contribution in [-0.2, 0) is 19.5 Å². The van der Waals surface area contributed by atoms with Gasteiger partial charge in [0.1, 0.15) is 0 Å². The van der Waals surface area contributed by atoms with E-state index in [0.29, 0.717) is 41.1 Å². The molecule has 0 saturated carbocycles. The molecule has 4 aromatic rings. The molecule has 5 rings (SSSR count). The summed E-state index contributed by atoms with van der Waals surface area (Å²) in [5.41, 5.74) is 2.55. The highest BCUT2D eigenvalue weighted by Crippen LogP contribution is 2.20. The fourth-order valence-electron chi connectivity index (χ4n) is 4.44. The minimum absolute atomic E-state index is 0.123. The first-order valence-corrected chi connectivity index (χ1v) is 11.2. The summed E-state index contributed by atoms with van der Waals surface area (Å²) in [7, 11) is 0. The first-order chi connectivity index (χ1) is 15.6. The average molecular weight is 450 g/mol. The molecule has 8 heteroatoms. The largest absolute Gasteiger partial charge is 0.310 e. The van der Waals surface area contributed by atoms with Crippen molar-refractivity contribution in [2.75, 3.05) is 13.1 Å². The van der Waals surface area contributed by atoms with Crippen LogP contribution in [0.25, 0.3) is 16.6 Å². The van der Waals surface area contributed by atoms with E-state index in [1.54, 1.807) is 29.0 Å². The maximum atomic E-state index is 13.5. The topological polar surface area (TPSA) is 75.9 Å². The second kappa shape index (κ2) is 8.76. The number of aromatic nitrogens is 4. The maximum absolute atomic E-state index is 13.5. The summed E-state index contributed by atoms with van der Waals surface area (Å²) >= 11 is 6.14. The van der Waals surface area contributed by atoms with Crippen LogP contribution in [0.5, 0.6) is 0 Å². The van der Waals surface area contributed by atoms with Crippen molar-refractivity contribution in [3.8, 4) is 5.69 Å². The highest BCUT2D eigenvalue weighted by molar-refractivity contribution is 6.30. The molecule has 0 amide bonds. The van der Waals surface area contributed by atoms with Crippen LogP contribution in [0, 0.1) is 0 Å². The van der Waals surface area contributed by atoms with Crippen molar-refractivity contribution in [2.45, 2.75) is 32.4 Å². The third kappa shape index (κ3) is 4.01. The van der Waals surface area contributed by atoms with Crippen molar-refractivity contribution in [3.63, 3.8) is 0 Å². The third-order valence-corrected chi connectivity index (χ3v) is 6.26. The van der Waals surface area contributed by atoms with Gasteiger partial charge < -0.3 is 4.57 Å². The SMILES string of the molecule is O=c1c2c(CN3CCCC3)n(CCc3ccccn3)c(=O)cc2[nH]n1-c1cccc(Cl)c1. The van der Waals surface area contributed by atoms with Crippen LogP contribution < -0.4 is 11.1 Å². The highest BCUT2D eigenvalue weighted by atomic mass is 35.5. The van der Waals surface area contributed by atoms with Crippen molar-refractivity contribution in [2.24, 2.45) is 0 Å². The Balaban J connectivity index is 1.64. The Bertz CT molecular complexity index is 1370. The Hall–Kier alpha value is -3.16. The van der Waals surface area contributed by atoms with Gasteiger partial charge in [0.05, 0.1) is 22.3 Å². The van der Waals surface area contributed by atoms with Crippen LogP contribution in [0.3, 0.4) is 0 Å². The number of rotatable bonds is 6. The molecule has 3 aromatic heterocycles. The van der Waals surface area contributed by atoms with Crippen molar-refractivity contribution < 1.29 is 0 Å². The Morgan fingerprint density at radius 3 is 2.62 bits per heavy atom. The molecular weight excluding hydrogens is 426 g/mol. The minimum atomic E-state index is -0.178.